The molecule has 1 amide bonds. The highest BCUT2D eigenvalue weighted by Gasteiger charge is 2.34. The molecule has 0 aliphatic carbocycles. The molecule has 0 bridgehead atoms. The molecule has 4 heterocycles. The fourth-order valence-electron chi connectivity index (χ4n) is 5.07. The largest absolute Gasteiger partial charge is 0.383 e. The van der Waals surface area contributed by atoms with Crippen molar-refractivity contribution in [2.45, 2.75) is 58.3 Å². The molecule has 2 aliphatic rings. The molecule has 0 spiro atoms. The summed E-state index contributed by atoms with van der Waals surface area (Å²) in [5.41, 5.74) is 10.8. The molecule has 1 aromatic carbocycles. The standard InChI is InChI=1S/C27H32FN5O4Si/c1-32(23-14-36-11-17-7-16(10-29)8-20(28)24(17)23)27(34)22-9-21-25(18-12-37-13-19(18)26(30)31-21)33(22)15-35-5-6-38(2,3)4/h7-9,23H,5-6,11-15H2,1-4H3,(H2,30,31)/t23-/m1/s1. The van der Waals surface area contributed by atoms with Crippen LogP contribution in [0.2, 0.25) is 25.7 Å². The molecular formula is C27H32FN5O4Si. The van der Waals surface area contributed by atoms with Crippen LogP contribution >= 0.6 is 0 Å². The number of pyridine rings is 1. The highest BCUT2D eigenvalue weighted by Crippen LogP contribution is 2.36. The predicted octanol–water partition coefficient (Wildman–Crippen LogP) is 4.32. The fourth-order valence-corrected chi connectivity index (χ4v) is 5.83. The Kier molecular flexibility index (Phi) is 7.00. The molecule has 0 saturated carbocycles. The molecule has 0 radical (unpaired) electrons. The molecule has 200 valence electrons. The van der Waals surface area contributed by atoms with Gasteiger partial charge in [-0.15, -0.1) is 0 Å². The third-order valence-electron chi connectivity index (χ3n) is 7.20. The zero-order valence-corrected chi connectivity index (χ0v) is 23.1. The number of amides is 1. The number of nitrogens with two attached hydrogens (primary N) is 1. The second-order valence-corrected chi connectivity index (χ2v) is 16.7. The third-order valence-corrected chi connectivity index (χ3v) is 8.91. The van der Waals surface area contributed by atoms with Crippen LogP contribution in [0.5, 0.6) is 0 Å². The second-order valence-electron chi connectivity index (χ2n) is 11.1. The number of halogens is 1. The minimum Gasteiger partial charge on any atom is -0.383 e. The summed E-state index contributed by atoms with van der Waals surface area (Å²) in [6, 6.07) is 6.83. The summed E-state index contributed by atoms with van der Waals surface area (Å²) in [6.07, 6.45) is 0. The van der Waals surface area contributed by atoms with Gasteiger partial charge < -0.3 is 29.4 Å². The Morgan fingerprint density at radius 1 is 1.26 bits per heavy atom. The molecule has 0 unspecified atom stereocenters. The number of carbonyl (C=O) groups is 1. The van der Waals surface area contributed by atoms with Crippen molar-refractivity contribution in [1.29, 1.82) is 5.26 Å². The van der Waals surface area contributed by atoms with Gasteiger partial charge in [0.05, 0.1) is 55.1 Å². The van der Waals surface area contributed by atoms with Gasteiger partial charge in [0.25, 0.3) is 5.91 Å². The third kappa shape index (κ3) is 4.80. The summed E-state index contributed by atoms with van der Waals surface area (Å²) in [6.45, 7) is 8.66. The molecule has 2 aliphatic heterocycles. The van der Waals surface area contributed by atoms with Crippen LogP contribution in [0.1, 0.15) is 44.3 Å². The Morgan fingerprint density at radius 3 is 2.76 bits per heavy atom. The Labute approximate surface area is 221 Å². The van der Waals surface area contributed by atoms with Crippen LogP contribution < -0.4 is 5.73 Å². The average molecular weight is 538 g/mol. The lowest BCUT2D eigenvalue weighted by Crippen LogP contribution is -2.38. The zero-order valence-electron chi connectivity index (χ0n) is 22.1. The quantitative estimate of drug-likeness (QED) is 0.353. The zero-order chi connectivity index (χ0) is 27.2. The van der Waals surface area contributed by atoms with Crippen molar-refractivity contribution in [3.8, 4) is 6.07 Å². The highest BCUT2D eigenvalue weighted by atomic mass is 28.3. The van der Waals surface area contributed by atoms with Crippen LogP contribution in [0.25, 0.3) is 11.0 Å². The molecule has 11 heteroatoms. The summed E-state index contributed by atoms with van der Waals surface area (Å²) in [4.78, 5) is 20.0. The van der Waals surface area contributed by atoms with E-state index in [0.29, 0.717) is 48.0 Å². The first kappa shape index (κ1) is 26.3. The van der Waals surface area contributed by atoms with Gasteiger partial charge in [-0.2, -0.15) is 5.26 Å². The monoisotopic (exact) mass is 537 g/mol. The molecule has 2 N–H and O–H groups in total. The second kappa shape index (κ2) is 10.1. The smallest absolute Gasteiger partial charge is 0.270 e. The van der Waals surface area contributed by atoms with E-state index >= 15 is 4.39 Å². The van der Waals surface area contributed by atoms with E-state index < -0.39 is 19.9 Å². The number of benzene rings is 1. The normalized spacial score (nSPS) is 16.8. The molecule has 38 heavy (non-hydrogen) atoms. The molecule has 0 fully saturated rings. The first-order valence-corrected chi connectivity index (χ1v) is 16.3. The maximum atomic E-state index is 15.1. The molecule has 2 aromatic heterocycles. The molecule has 0 saturated heterocycles. The fraction of sp³-hybridized carbons (Fsp3) is 0.444. The molecule has 1 atom stereocenters. The first-order chi connectivity index (χ1) is 18.1. The van der Waals surface area contributed by atoms with E-state index in [1.807, 2.05) is 10.6 Å². The minimum atomic E-state index is -1.31. The number of nitrogens with zero attached hydrogens (tertiary/aromatic N) is 4. The Morgan fingerprint density at radius 2 is 2.03 bits per heavy atom. The number of rotatable bonds is 7. The van der Waals surface area contributed by atoms with E-state index in [9.17, 15) is 10.1 Å². The Balaban J connectivity index is 1.53. The summed E-state index contributed by atoms with van der Waals surface area (Å²) in [7, 11) is 0.325. The lowest BCUT2D eigenvalue weighted by molar-refractivity contribution is 0.0314. The van der Waals surface area contributed by atoms with Gasteiger partial charge in [-0.1, -0.05) is 19.6 Å². The number of aromatic nitrogens is 2. The van der Waals surface area contributed by atoms with Crippen LogP contribution in [-0.2, 0) is 40.8 Å². The molecule has 3 aromatic rings. The van der Waals surface area contributed by atoms with Gasteiger partial charge in [0.1, 0.15) is 24.1 Å². The van der Waals surface area contributed by atoms with Crippen molar-refractivity contribution in [1.82, 2.24) is 14.5 Å². The van der Waals surface area contributed by atoms with E-state index in [4.69, 9.17) is 19.9 Å². The number of ether oxygens (including phenoxy) is 3. The van der Waals surface area contributed by atoms with E-state index in [1.54, 1.807) is 19.2 Å². The van der Waals surface area contributed by atoms with Crippen molar-refractivity contribution < 1.29 is 23.4 Å². The Hall–Kier alpha value is -3.30. The van der Waals surface area contributed by atoms with Gasteiger partial charge in [-0.05, 0) is 29.8 Å². The van der Waals surface area contributed by atoms with Gasteiger partial charge >= 0.3 is 0 Å². The number of fused-ring (bicyclic) bond motifs is 4. The van der Waals surface area contributed by atoms with Crippen molar-refractivity contribution in [3.05, 3.63) is 57.5 Å². The van der Waals surface area contributed by atoms with E-state index in [1.165, 1.54) is 11.0 Å². The van der Waals surface area contributed by atoms with Gasteiger partial charge in [0.15, 0.2) is 0 Å². The maximum Gasteiger partial charge on any atom is 0.270 e. The summed E-state index contributed by atoms with van der Waals surface area (Å²) < 4.78 is 34.4. The number of nitriles is 1. The maximum absolute atomic E-state index is 15.1. The summed E-state index contributed by atoms with van der Waals surface area (Å²) in [5.74, 6) is -0.459. The minimum absolute atomic E-state index is 0.138. The van der Waals surface area contributed by atoms with E-state index in [-0.39, 0.29) is 31.4 Å². The van der Waals surface area contributed by atoms with Gasteiger partial charge in [0, 0.05) is 38.4 Å². The first-order valence-electron chi connectivity index (χ1n) is 12.6. The van der Waals surface area contributed by atoms with Gasteiger partial charge in [0.2, 0.25) is 0 Å². The Bertz CT molecular complexity index is 1460. The number of hydrogen-bond acceptors (Lipinski definition) is 7. The summed E-state index contributed by atoms with van der Waals surface area (Å²) in [5, 5.41) is 9.24. The van der Waals surface area contributed by atoms with Crippen LogP contribution in [0.4, 0.5) is 10.2 Å². The lowest BCUT2D eigenvalue weighted by Gasteiger charge is -2.33. The van der Waals surface area contributed by atoms with Crippen molar-refractivity contribution in [2.24, 2.45) is 0 Å². The predicted molar refractivity (Wildman–Crippen MR) is 142 cm³/mol. The SMILES string of the molecule is CN(C(=O)c1cc2nc(N)c3c(c2n1COCC[Si](C)(C)C)COC3)[C@@H]1COCc2cc(C#N)cc(F)c21. The van der Waals surface area contributed by atoms with Crippen molar-refractivity contribution in [3.63, 3.8) is 0 Å². The van der Waals surface area contributed by atoms with E-state index in [2.05, 4.69) is 24.6 Å². The van der Waals surface area contributed by atoms with E-state index in [0.717, 1.165) is 22.7 Å². The number of carbonyl (C=O) groups excluding carboxylic acids is 1. The molecular weight excluding hydrogens is 505 g/mol. The number of nitrogen functional groups attached to an aromatic ring is 1. The topological polar surface area (TPSA) is 116 Å². The van der Waals surface area contributed by atoms with Gasteiger partial charge in [-0.25, -0.2) is 9.37 Å². The number of anilines is 1. The van der Waals surface area contributed by atoms with Crippen LogP contribution in [-0.4, -0.2) is 48.7 Å². The van der Waals surface area contributed by atoms with Crippen molar-refractivity contribution >= 4 is 30.8 Å². The summed E-state index contributed by atoms with van der Waals surface area (Å²) >= 11 is 0. The lowest BCUT2D eigenvalue weighted by atomic mass is 9.95. The van der Waals surface area contributed by atoms with Crippen LogP contribution in [0.3, 0.4) is 0 Å². The van der Waals surface area contributed by atoms with Crippen molar-refractivity contribution in [2.75, 3.05) is 26.0 Å². The van der Waals surface area contributed by atoms with Crippen LogP contribution in [0, 0.1) is 17.1 Å². The number of likely N-dealkylation sites (N-methyl/N-ethyl adjacent to an activating group) is 1. The highest BCUT2D eigenvalue weighted by molar-refractivity contribution is 6.76. The van der Waals surface area contributed by atoms with Gasteiger partial charge in [-0.3, -0.25) is 4.79 Å². The molecule has 5 rings (SSSR count). The number of hydrogen-bond donors (Lipinski definition) is 1. The van der Waals surface area contributed by atoms with Crippen LogP contribution in [0.15, 0.2) is 18.2 Å². The average Bonchev–Trinajstić information content (AvgIpc) is 3.50. The molecule has 9 nitrogen and oxygen atoms in total.